The molecule has 0 aliphatic carbocycles. The summed E-state index contributed by atoms with van der Waals surface area (Å²) < 4.78 is 67.0. The van der Waals surface area contributed by atoms with Crippen molar-refractivity contribution in [2.45, 2.75) is 31.1 Å². The number of hydrogen-bond donors (Lipinski definition) is 1. The summed E-state index contributed by atoms with van der Waals surface area (Å²) in [4.78, 5) is 23.3. The molecule has 13 heteroatoms. The van der Waals surface area contributed by atoms with Crippen molar-refractivity contribution >= 4 is 69.8 Å². The third kappa shape index (κ3) is 6.22. The second-order valence-electron chi connectivity index (χ2n) is 4.84. The van der Waals surface area contributed by atoms with E-state index in [1.165, 1.54) is 0 Å². The Bertz CT molecular complexity index is 791. The highest BCUT2D eigenvalue weighted by molar-refractivity contribution is 9.11. The van der Waals surface area contributed by atoms with Crippen molar-refractivity contribution in [3.05, 3.63) is 25.6 Å². The van der Waals surface area contributed by atoms with Crippen molar-refractivity contribution in [1.29, 1.82) is 0 Å². The van der Waals surface area contributed by atoms with E-state index in [0.29, 0.717) is 20.3 Å². The molecule has 1 aromatic carbocycles. The monoisotopic (exact) mass is 586 g/mol. The van der Waals surface area contributed by atoms with Crippen molar-refractivity contribution in [2.24, 2.45) is 0 Å². The van der Waals surface area contributed by atoms with Crippen LogP contribution in [0.5, 0.6) is 5.75 Å². The fourth-order valence-corrected chi connectivity index (χ4v) is 4.42. The van der Waals surface area contributed by atoms with Crippen LogP contribution >= 0.6 is 47.8 Å². The summed E-state index contributed by atoms with van der Waals surface area (Å²) in [6.07, 6.45) is -3.56. The highest BCUT2D eigenvalue weighted by atomic mass is 79.9. The van der Waals surface area contributed by atoms with E-state index in [4.69, 9.17) is 9.29 Å². The molecule has 1 rings (SSSR count). The standard InChI is InChI=1S/C13H11Br3F2O7S/c1-6(13(17,18)26(21,22)23)24-10(19)2-3-11(20)25-12-8(15)4-7(14)5-9(12)16/h4-6H,2-3H2,1H3,(H,21,22,23). The number of carbonyl (C=O) groups excluding carboxylic acids is 2. The van der Waals surface area contributed by atoms with E-state index in [1.54, 1.807) is 12.1 Å². The molecule has 0 saturated heterocycles. The number of carbonyl (C=O) groups is 2. The Balaban J connectivity index is 2.62. The Morgan fingerprint density at radius 3 is 2.08 bits per heavy atom. The molecule has 26 heavy (non-hydrogen) atoms. The van der Waals surface area contributed by atoms with Gasteiger partial charge in [-0.3, -0.25) is 14.1 Å². The summed E-state index contributed by atoms with van der Waals surface area (Å²) in [6.45, 7) is 0.597. The number of ether oxygens (including phenoxy) is 2. The molecule has 146 valence electrons. The molecule has 0 bridgehead atoms. The Hall–Kier alpha value is -0.630. The van der Waals surface area contributed by atoms with Crippen LogP contribution in [0.4, 0.5) is 8.78 Å². The van der Waals surface area contributed by atoms with Gasteiger partial charge in [-0.1, -0.05) is 15.9 Å². The lowest BCUT2D eigenvalue weighted by Crippen LogP contribution is -2.42. The zero-order valence-corrected chi connectivity index (χ0v) is 18.4. The minimum absolute atomic E-state index is 0.151. The first-order valence-electron chi connectivity index (χ1n) is 6.65. The van der Waals surface area contributed by atoms with E-state index in [-0.39, 0.29) is 5.75 Å². The van der Waals surface area contributed by atoms with Gasteiger partial charge in [0.1, 0.15) is 0 Å². The summed E-state index contributed by atoms with van der Waals surface area (Å²) in [5.41, 5.74) is 0. The van der Waals surface area contributed by atoms with Gasteiger partial charge in [-0.15, -0.1) is 0 Å². The van der Waals surface area contributed by atoms with Crippen LogP contribution in [0.25, 0.3) is 0 Å². The van der Waals surface area contributed by atoms with Gasteiger partial charge < -0.3 is 9.47 Å². The van der Waals surface area contributed by atoms with Crippen LogP contribution in [0.3, 0.4) is 0 Å². The van der Waals surface area contributed by atoms with E-state index >= 15 is 0 Å². The minimum atomic E-state index is -5.75. The molecule has 0 heterocycles. The number of alkyl halides is 2. The maximum atomic E-state index is 13.3. The number of hydrogen-bond acceptors (Lipinski definition) is 6. The van der Waals surface area contributed by atoms with Crippen molar-refractivity contribution in [2.75, 3.05) is 0 Å². The molecule has 0 aromatic heterocycles. The summed E-state index contributed by atoms with van der Waals surface area (Å²) in [5.74, 6) is -1.95. The third-order valence-corrected chi connectivity index (χ3v) is 5.49. The molecular formula is C13H11Br3F2O7S. The summed E-state index contributed by atoms with van der Waals surface area (Å²) in [7, 11) is -5.75. The molecule has 0 aliphatic heterocycles. The number of esters is 2. The Morgan fingerprint density at radius 1 is 1.15 bits per heavy atom. The molecule has 0 radical (unpaired) electrons. The van der Waals surface area contributed by atoms with Crippen LogP contribution in [0.2, 0.25) is 0 Å². The molecule has 0 spiro atoms. The van der Waals surface area contributed by atoms with Crippen LogP contribution in [0.1, 0.15) is 19.8 Å². The first kappa shape index (κ1) is 23.4. The van der Waals surface area contributed by atoms with Gasteiger partial charge in [0, 0.05) is 4.47 Å². The van der Waals surface area contributed by atoms with Gasteiger partial charge >= 0.3 is 27.3 Å². The van der Waals surface area contributed by atoms with Crippen LogP contribution in [0.15, 0.2) is 25.6 Å². The molecule has 1 unspecified atom stereocenters. The Kier molecular flexibility index (Phi) is 8.14. The van der Waals surface area contributed by atoms with Crippen molar-refractivity contribution in [1.82, 2.24) is 0 Å². The first-order chi connectivity index (χ1) is 11.8. The van der Waals surface area contributed by atoms with Crippen LogP contribution in [0, 0.1) is 0 Å². The average molecular weight is 589 g/mol. The maximum absolute atomic E-state index is 13.3. The van der Waals surface area contributed by atoms with Gasteiger partial charge in [0.2, 0.25) is 0 Å². The number of benzene rings is 1. The van der Waals surface area contributed by atoms with Crippen LogP contribution < -0.4 is 4.74 Å². The second kappa shape index (κ2) is 9.04. The summed E-state index contributed by atoms with van der Waals surface area (Å²) in [5, 5.41) is -4.67. The Labute approximate surface area is 172 Å². The van der Waals surface area contributed by atoms with Gasteiger partial charge in [-0.25, -0.2) is 0 Å². The normalized spacial score (nSPS) is 13.2. The lowest BCUT2D eigenvalue weighted by Gasteiger charge is -2.20. The molecule has 1 atom stereocenters. The van der Waals surface area contributed by atoms with Crippen molar-refractivity contribution in [3.63, 3.8) is 0 Å². The quantitative estimate of drug-likeness (QED) is 0.291. The lowest BCUT2D eigenvalue weighted by atomic mass is 10.3. The zero-order chi connectivity index (χ0) is 20.3. The third-order valence-electron chi connectivity index (χ3n) is 2.84. The molecule has 0 fully saturated rings. The van der Waals surface area contributed by atoms with Gasteiger partial charge in [0.15, 0.2) is 11.9 Å². The molecule has 0 saturated carbocycles. The molecule has 1 N–H and O–H groups in total. The van der Waals surface area contributed by atoms with E-state index in [1.807, 2.05) is 0 Å². The fourth-order valence-electron chi connectivity index (χ4n) is 1.53. The highest BCUT2D eigenvalue weighted by Crippen LogP contribution is 2.36. The number of rotatable bonds is 7. The van der Waals surface area contributed by atoms with Gasteiger partial charge in [0.25, 0.3) is 0 Å². The van der Waals surface area contributed by atoms with E-state index in [0.717, 1.165) is 0 Å². The average Bonchev–Trinajstić information content (AvgIpc) is 2.47. The minimum Gasteiger partial charge on any atom is -0.455 e. The lowest BCUT2D eigenvalue weighted by molar-refractivity contribution is -0.160. The molecule has 0 amide bonds. The van der Waals surface area contributed by atoms with Gasteiger partial charge in [0.05, 0.1) is 21.8 Å². The largest absolute Gasteiger partial charge is 0.455 e. The molecule has 7 nitrogen and oxygen atoms in total. The molecule has 1 aromatic rings. The second-order valence-corrected chi connectivity index (χ2v) is 8.96. The maximum Gasteiger partial charge on any atom is 0.405 e. The number of halogens is 5. The predicted octanol–water partition coefficient (Wildman–Crippen LogP) is 4.07. The van der Waals surface area contributed by atoms with E-state index in [9.17, 15) is 26.8 Å². The zero-order valence-electron chi connectivity index (χ0n) is 12.8. The van der Waals surface area contributed by atoms with E-state index < -0.39 is 46.3 Å². The van der Waals surface area contributed by atoms with Crippen LogP contribution in [-0.4, -0.2) is 36.3 Å². The van der Waals surface area contributed by atoms with Crippen molar-refractivity contribution < 1.29 is 40.8 Å². The van der Waals surface area contributed by atoms with Crippen LogP contribution in [-0.2, 0) is 24.4 Å². The molecular weight excluding hydrogens is 578 g/mol. The van der Waals surface area contributed by atoms with Gasteiger partial charge in [-0.05, 0) is 50.9 Å². The van der Waals surface area contributed by atoms with Gasteiger partial charge in [-0.2, -0.15) is 17.2 Å². The SMILES string of the molecule is CC(OC(=O)CCC(=O)Oc1c(Br)cc(Br)cc1Br)C(F)(F)S(=O)(=O)O. The summed E-state index contributed by atoms with van der Waals surface area (Å²) >= 11 is 9.61. The fraction of sp³-hybridized carbons (Fsp3) is 0.385. The summed E-state index contributed by atoms with van der Waals surface area (Å²) in [6, 6.07) is 3.22. The topological polar surface area (TPSA) is 107 Å². The molecule has 0 aliphatic rings. The smallest absolute Gasteiger partial charge is 0.405 e. The van der Waals surface area contributed by atoms with Crippen molar-refractivity contribution in [3.8, 4) is 5.75 Å². The Morgan fingerprint density at radius 2 is 1.62 bits per heavy atom. The highest BCUT2D eigenvalue weighted by Gasteiger charge is 2.51. The van der Waals surface area contributed by atoms with E-state index in [2.05, 4.69) is 52.5 Å². The predicted molar refractivity (Wildman–Crippen MR) is 96.5 cm³/mol. The first-order valence-corrected chi connectivity index (χ1v) is 10.5.